The van der Waals surface area contributed by atoms with Crippen molar-refractivity contribution in [2.24, 2.45) is 10.8 Å². The number of azide groups is 1. The largest absolute Gasteiger partial charge is 0.405 e. The average molecular weight is 563 g/mol. The molecule has 210 valence electrons. The molecule has 5 rings (SSSR count). The molecule has 13 heteroatoms. The fourth-order valence-electron chi connectivity index (χ4n) is 5.76. The summed E-state index contributed by atoms with van der Waals surface area (Å²) < 4.78 is 21.1. The Kier molecular flexibility index (Phi) is 7.69. The van der Waals surface area contributed by atoms with E-state index in [2.05, 4.69) is 70.7 Å². The first-order chi connectivity index (χ1) is 19.2. The molecule has 2 aromatic carbocycles. The molecule has 12 nitrogen and oxygen atoms in total. The molecule has 2 unspecified atom stereocenters. The number of rotatable bonds is 8. The fourth-order valence-corrected chi connectivity index (χ4v) is 10.3. The summed E-state index contributed by atoms with van der Waals surface area (Å²) in [5, 5.41) is 11.7. The van der Waals surface area contributed by atoms with Gasteiger partial charge in [0.2, 0.25) is 0 Å². The van der Waals surface area contributed by atoms with E-state index in [1.54, 1.807) is 4.57 Å². The van der Waals surface area contributed by atoms with E-state index in [1.165, 1.54) is 13.4 Å². The second-order valence-electron chi connectivity index (χ2n) is 10.9. The van der Waals surface area contributed by atoms with Crippen molar-refractivity contribution >= 4 is 30.4 Å². The molecule has 0 spiro atoms. The zero-order chi connectivity index (χ0) is 28.5. The van der Waals surface area contributed by atoms with Gasteiger partial charge in [0, 0.05) is 12.0 Å². The summed E-state index contributed by atoms with van der Waals surface area (Å²) in [6, 6.07) is 19.8. The van der Waals surface area contributed by atoms with Crippen LogP contribution in [-0.2, 0) is 13.9 Å². The third-order valence-electron chi connectivity index (χ3n) is 7.51. The normalized spacial score (nSPS) is 24.5. The number of aromatic nitrogens is 2. The third-order valence-corrected chi connectivity index (χ3v) is 12.5. The minimum absolute atomic E-state index is 0.150. The molecular weight excluding hydrogens is 528 g/mol. The SMILES string of the molecule is COC1[C@@H](N=[N+]=[N-])[C@@H](CO[Si](c2ccccc2)(c2ccccc2)C(C)(C)C)O[C@H]1n1cnc2c1NC(N)NC2=O. The van der Waals surface area contributed by atoms with Crippen molar-refractivity contribution in [2.45, 2.75) is 56.6 Å². The number of fused-ring (bicyclic) bond motifs is 1. The molecule has 1 aromatic heterocycles. The Morgan fingerprint density at radius 1 is 1.12 bits per heavy atom. The molecule has 0 radical (unpaired) electrons. The highest BCUT2D eigenvalue weighted by molar-refractivity contribution is 6.99. The summed E-state index contributed by atoms with van der Waals surface area (Å²) in [5.41, 5.74) is 15.6. The fraction of sp³-hybridized carbons (Fsp3) is 0.407. The number of benzene rings is 2. The van der Waals surface area contributed by atoms with Crippen molar-refractivity contribution in [3.8, 4) is 0 Å². The van der Waals surface area contributed by atoms with E-state index < -0.39 is 45.0 Å². The van der Waals surface area contributed by atoms with Gasteiger partial charge in [-0.15, -0.1) is 0 Å². The van der Waals surface area contributed by atoms with Crippen LogP contribution in [0, 0.1) is 0 Å². The maximum atomic E-state index is 12.4. The monoisotopic (exact) mass is 562 g/mol. The molecule has 3 aromatic rings. The van der Waals surface area contributed by atoms with E-state index in [9.17, 15) is 10.3 Å². The second kappa shape index (κ2) is 11.0. The van der Waals surface area contributed by atoms with Gasteiger partial charge in [-0.1, -0.05) is 86.5 Å². The first-order valence-corrected chi connectivity index (χ1v) is 15.0. The number of nitrogens with one attached hydrogen (secondary N) is 2. The van der Waals surface area contributed by atoms with E-state index in [-0.39, 0.29) is 17.3 Å². The summed E-state index contributed by atoms with van der Waals surface area (Å²) in [4.78, 5) is 19.8. The van der Waals surface area contributed by atoms with Gasteiger partial charge in [-0.05, 0) is 20.9 Å². The van der Waals surface area contributed by atoms with Crippen LogP contribution < -0.4 is 26.7 Å². The summed E-state index contributed by atoms with van der Waals surface area (Å²) in [6.07, 6.45) is -1.37. The van der Waals surface area contributed by atoms with Gasteiger partial charge in [-0.3, -0.25) is 15.1 Å². The van der Waals surface area contributed by atoms with Crippen molar-refractivity contribution < 1.29 is 18.7 Å². The van der Waals surface area contributed by atoms with E-state index in [0.717, 1.165) is 10.4 Å². The molecule has 5 atom stereocenters. The number of hydrogen-bond donors (Lipinski definition) is 3. The van der Waals surface area contributed by atoms with Crippen LogP contribution in [0.15, 0.2) is 72.1 Å². The van der Waals surface area contributed by atoms with Gasteiger partial charge >= 0.3 is 0 Å². The van der Waals surface area contributed by atoms with Crippen molar-refractivity contribution in [3.63, 3.8) is 0 Å². The minimum atomic E-state index is -2.89. The highest BCUT2D eigenvalue weighted by atomic mass is 28.4. The molecule has 1 fully saturated rings. The molecule has 0 aliphatic carbocycles. The number of nitrogens with two attached hydrogens (primary N) is 1. The topological polar surface area (TPSA) is 161 Å². The highest BCUT2D eigenvalue weighted by Gasteiger charge is 2.53. The highest BCUT2D eigenvalue weighted by Crippen LogP contribution is 2.40. The summed E-state index contributed by atoms with van der Waals surface area (Å²) >= 11 is 0. The van der Waals surface area contributed by atoms with Crippen LogP contribution in [0.2, 0.25) is 5.04 Å². The minimum Gasteiger partial charge on any atom is -0.405 e. The number of methoxy groups -OCH3 is 1. The van der Waals surface area contributed by atoms with Gasteiger partial charge in [-0.25, -0.2) is 4.98 Å². The maximum Gasteiger partial charge on any atom is 0.276 e. The van der Waals surface area contributed by atoms with Crippen LogP contribution in [0.3, 0.4) is 0 Å². The van der Waals surface area contributed by atoms with Gasteiger partial charge in [-0.2, -0.15) is 0 Å². The Labute approximate surface area is 233 Å². The van der Waals surface area contributed by atoms with Crippen molar-refractivity contribution in [1.29, 1.82) is 0 Å². The molecule has 2 aliphatic heterocycles. The zero-order valence-electron chi connectivity index (χ0n) is 22.9. The summed E-state index contributed by atoms with van der Waals surface area (Å²) in [5.74, 6) is 0.00154. The molecule has 3 heterocycles. The maximum absolute atomic E-state index is 12.4. The molecule has 4 N–H and O–H groups in total. The Balaban J connectivity index is 1.53. The van der Waals surface area contributed by atoms with E-state index in [4.69, 9.17) is 19.6 Å². The van der Waals surface area contributed by atoms with Gasteiger partial charge < -0.3 is 24.5 Å². The van der Waals surface area contributed by atoms with E-state index in [1.807, 2.05) is 36.4 Å². The number of imidazole rings is 1. The van der Waals surface area contributed by atoms with E-state index >= 15 is 0 Å². The zero-order valence-corrected chi connectivity index (χ0v) is 23.9. The first-order valence-electron chi connectivity index (χ1n) is 13.1. The Morgan fingerprint density at radius 2 is 1.75 bits per heavy atom. The quantitative estimate of drug-likeness (QED) is 0.164. The van der Waals surface area contributed by atoms with Crippen LogP contribution in [0.5, 0.6) is 0 Å². The lowest BCUT2D eigenvalue weighted by Gasteiger charge is -2.43. The number of nitrogens with zero attached hydrogens (tertiary/aromatic N) is 5. The van der Waals surface area contributed by atoms with E-state index in [0.29, 0.717) is 5.82 Å². The second-order valence-corrected chi connectivity index (χ2v) is 15.2. The average Bonchev–Trinajstić information content (AvgIpc) is 3.51. The standard InChI is InChI=1S/C27H34N8O4Si/c1-27(2,3)40(17-11-7-5-8-12-17,18-13-9-6-10-14-18)38-15-19-20(33-34-29)22(37-4)25(39-19)35-16-30-21-23(35)31-26(28)32-24(21)36/h5-14,16,19-20,22,25-26,31H,15,28H2,1-4H3,(H,32,36)/t19-,20+,22?,25-,26?/m1/s1. The van der Waals surface area contributed by atoms with Gasteiger partial charge in [0.05, 0.1) is 25.1 Å². The first kappa shape index (κ1) is 27.8. The van der Waals surface area contributed by atoms with Crippen LogP contribution >= 0.6 is 0 Å². The van der Waals surface area contributed by atoms with Gasteiger partial charge in [0.25, 0.3) is 14.2 Å². The molecule has 0 saturated carbocycles. The number of anilines is 1. The molecular formula is C27H34N8O4Si. The van der Waals surface area contributed by atoms with Crippen LogP contribution in [0.1, 0.15) is 37.5 Å². The smallest absolute Gasteiger partial charge is 0.276 e. The Morgan fingerprint density at radius 3 is 2.30 bits per heavy atom. The number of amides is 1. The van der Waals surface area contributed by atoms with Gasteiger partial charge in [0.15, 0.2) is 18.2 Å². The summed E-state index contributed by atoms with van der Waals surface area (Å²) in [6.45, 7) is 6.73. The predicted molar refractivity (Wildman–Crippen MR) is 153 cm³/mol. The molecule has 1 amide bonds. The number of ether oxygens (including phenoxy) is 2. The van der Waals surface area contributed by atoms with Gasteiger partial charge in [0.1, 0.15) is 11.9 Å². The van der Waals surface area contributed by atoms with Crippen molar-refractivity contribution in [2.75, 3.05) is 19.0 Å². The lowest BCUT2D eigenvalue weighted by Crippen LogP contribution is -2.67. The number of carbonyl (C=O) groups excluding carboxylic acids is 1. The Bertz CT molecular complexity index is 1350. The van der Waals surface area contributed by atoms with Crippen molar-refractivity contribution in [1.82, 2.24) is 14.9 Å². The van der Waals surface area contributed by atoms with Crippen LogP contribution in [0.4, 0.5) is 5.82 Å². The lowest BCUT2D eigenvalue weighted by atomic mass is 10.1. The molecule has 0 bridgehead atoms. The molecule has 40 heavy (non-hydrogen) atoms. The lowest BCUT2D eigenvalue weighted by molar-refractivity contribution is -0.0576. The summed E-state index contributed by atoms with van der Waals surface area (Å²) in [7, 11) is -1.36. The van der Waals surface area contributed by atoms with Crippen LogP contribution in [0.25, 0.3) is 10.4 Å². The molecule has 1 saturated heterocycles. The third kappa shape index (κ3) is 4.77. The molecule has 2 aliphatic rings. The Hall–Kier alpha value is -3.71. The predicted octanol–water partition coefficient (Wildman–Crippen LogP) is 2.45. The number of carbonyl (C=O) groups is 1. The van der Waals surface area contributed by atoms with Crippen molar-refractivity contribution in [3.05, 3.63) is 83.1 Å². The number of hydrogen-bond acceptors (Lipinski definition) is 8. The van der Waals surface area contributed by atoms with Crippen LogP contribution in [-0.4, -0.2) is 62.0 Å².